The van der Waals surface area contributed by atoms with E-state index in [1.807, 2.05) is 37.4 Å². The molecule has 2 aromatic rings. The SMILES string of the molecule is CN=C(NCc1ccc(N2CCN(C)CC2)nc1)NCC(C)Oc1cccc(OC)c1.I. The summed E-state index contributed by atoms with van der Waals surface area (Å²) >= 11 is 0. The minimum absolute atomic E-state index is 0. The molecule has 0 spiro atoms. The maximum Gasteiger partial charge on any atom is 0.191 e. The fourth-order valence-corrected chi connectivity index (χ4v) is 3.34. The van der Waals surface area contributed by atoms with Crippen molar-refractivity contribution in [1.29, 1.82) is 0 Å². The topological polar surface area (TPSA) is 74.3 Å². The van der Waals surface area contributed by atoms with E-state index in [1.165, 1.54) is 0 Å². The van der Waals surface area contributed by atoms with Crippen LogP contribution in [0.5, 0.6) is 11.5 Å². The quantitative estimate of drug-likeness (QED) is 0.295. The van der Waals surface area contributed by atoms with Gasteiger partial charge in [0.15, 0.2) is 5.96 Å². The monoisotopic (exact) mass is 554 g/mol. The average Bonchev–Trinajstić information content (AvgIpc) is 2.80. The van der Waals surface area contributed by atoms with Crippen LogP contribution in [0.3, 0.4) is 0 Å². The fraction of sp³-hybridized carbons (Fsp3) is 0.478. The van der Waals surface area contributed by atoms with Gasteiger partial charge in [0.1, 0.15) is 23.4 Å². The third-order valence-corrected chi connectivity index (χ3v) is 5.26. The number of piperazine rings is 1. The van der Waals surface area contributed by atoms with Crippen molar-refractivity contribution in [2.75, 3.05) is 58.8 Å². The Morgan fingerprint density at radius 3 is 2.53 bits per heavy atom. The van der Waals surface area contributed by atoms with Gasteiger partial charge in [-0.2, -0.15) is 0 Å². The molecule has 2 heterocycles. The number of rotatable bonds is 8. The molecule has 0 amide bonds. The molecular weight excluding hydrogens is 519 g/mol. The minimum Gasteiger partial charge on any atom is -0.497 e. The van der Waals surface area contributed by atoms with Gasteiger partial charge in [-0.05, 0) is 37.7 Å². The largest absolute Gasteiger partial charge is 0.497 e. The van der Waals surface area contributed by atoms with Crippen molar-refractivity contribution in [3.05, 3.63) is 48.2 Å². The number of benzene rings is 1. The Labute approximate surface area is 208 Å². The third kappa shape index (κ3) is 8.01. The summed E-state index contributed by atoms with van der Waals surface area (Å²) in [4.78, 5) is 13.6. The first-order chi connectivity index (χ1) is 15.1. The summed E-state index contributed by atoms with van der Waals surface area (Å²) in [6.45, 7) is 7.49. The standard InChI is InChI=1S/C23H34N6O2.HI/c1-18(31-21-7-5-6-20(14-21)30-4)15-26-23(24-2)27-17-19-8-9-22(25-16-19)29-12-10-28(3)11-13-29;/h5-9,14,16,18H,10-13,15,17H2,1-4H3,(H2,24,26,27);1H. The van der Waals surface area contributed by atoms with Crippen LogP contribution in [0.25, 0.3) is 0 Å². The first-order valence-electron chi connectivity index (χ1n) is 10.7. The number of aliphatic imine (C=N–C) groups is 1. The molecule has 0 saturated carbocycles. The smallest absolute Gasteiger partial charge is 0.191 e. The summed E-state index contributed by atoms with van der Waals surface area (Å²) in [6.07, 6.45) is 1.90. The van der Waals surface area contributed by atoms with Gasteiger partial charge < -0.3 is 29.9 Å². The van der Waals surface area contributed by atoms with E-state index in [4.69, 9.17) is 9.47 Å². The van der Waals surface area contributed by atoms with Crippen molar-refractivity contribution in [3.63, 3.8) is 0 Å². The number of ether oxygens (including phenoxy) is 2. The van der Waals surface area contributed by atoms with Gasteiger partial charge in [0.2, 0.25) is 0 Å². The highest BCUT2D eigenvalue weighted by Gasteiger charge is 2.15. The van der Waals surface area contributed by atoms with Gasteiger partial charge in [-0.15, -0.1) is 24.0 Å². The van der Waals surface area contributed by atoms with Crippen LogP contribution in [0.2, 0.25) is 0 Å². The van der Waals surface area contributed by atoms with Crippen LogP contribution in [0.15, 0.2) is 47.6 Å². The number of anilines is 1. The van der Waals surface area contributed by atoms with Crippen molar-refractivity contribution in [3.8, 4) is 11.5 Å². The van der Waals surface area contributed by atoms with Crippen LogP contribution in [0.4, 0.5) is 5.82 Å². The Morgan fingerprint density at radius 2 is 1.88 bits per heavy atom. The summed E-state index contributed by atoms with van der Waals surface area (Å²) in [7, 11) is 5.57. The van der Waals surface area contributed by atoms with Crippen LogP contribution in [-0.4, -0.2) is 75.9 Å². The summed E-state index contributed by atoms with van der Waals surface area (Å²) in [5.74, 6) is 3.33. The molecule has 0 bridgehead atoms. The number of aromatic nitrogens is 1. The molecule has 1 aliphatic rings. The van der Waals surface area contributed by atoms with E-state index in [9.17, 15) is 0 Å². The fourth-order valence-electron chi connectivity index (χ4n) is 3.34. The molecule has 1 unspecified atom stereocenters. The highest BCUT2D eigenvalue weighted by atomic mass is 127. The van der Waals surface area contributed by atoms with Crippen LogP contribution in [-0.2, 0) is 6.54 Å². The van der Waals surface area contributed by atoms with Gasteiger partial charge in [0.25, 0.3) is 0 Å². The van der Waals surface area contributed by atoms with Crippen molar-refractivity contribution < 1.29 is 9.47 Å². The maximum absolute atomic E-state index is 5.95. The van der Waals surface area contributed by atoms with Crippen LogP contribution in [0.1, 0.15) is 12.5 Å². The summed E-state index contributed by atoms with van der Waals surface area (Å²) in [6, 6.07) is 11.8. The lowest BCUT2D eigenvalue weighted by Crippen LogP contribution is -2.44. The predicted octanol–water partition coefficient (Wildman–Crippen LogP) is 2.59. The number of halogens is 1. The Morgan fingerprint density at radius 1 is 1.12 bits per heavy atom. The first kappa shape index (κ1) is 26.0. The molecule has 1 aromatic heterocycles. The molecule has 0 radical (unpaired) electrons. The zero-order valence-corrected chi connectivity index (χ0v) is 21.7. The number of nitrogens with zero attached hydrogens (tertiary/aromatic N) is 4. The zero-order valence-electron chi connectivity index (χ0n) is 19.4. The van der Waals surface area contributed by atoms with E-state index in [-0.39, 0.29) is 30.1 Å². The third-order valence-electron chi connectivity index (χ3n) is 5.26. The molecule has 9 heteroatoms. The Bertz CT molecular complexity index is 841. The second-order valence-electron chi connectivity index (χ2n) is 7.73. The van der Waals surface area contributed by atoms with E-state index < -0.39 is 0 Å². The molecule has 8 nitrogen and oxygen atoms in total. The molecule has 1 aliphatic heterocycles. The van der Waals surface area contributed by atoms with Gasteiger partial charge in [-0.1, -0.05) is 12.1 Å². The summed E-state index contributed by atoms with van der Waals surface area (Å²) in [5, 5.41) is 6.64. The van der Waals surface area contributed by atoms with Crippen molar-refractivity contribution in [1.82, 2.24) is 20.5 Å². The van der Waals surface area contributed by atoms with Crippen LogP contribution < -0.4 is 25.0 Å². The Balaban J connectivity index is 0.00000363. The van der Waals surface area contributed by atoms with Crippen LogP contribution in [0, 0.1) is 0 Å². The average molecular weight is 554 g/mol. The lowest BCUT2D eigenvalue weighted by Gasteiger charge is -2.33. The number of likely N-dealkylation sites (N-methyl/N-ethyl adjacent to an activating group) is 1. The van der Waals surface area contributed by atoms with Crippen molar-refractivity contribution >= 4 is 35.8 Å². The van der Waals surface area contributed by atoms with E-state index in [1.54, 1.807) is 14.2 Å². The van der Waals surface area contributed by atoms with Gasteiger partial charge in [0.05, 0.1) is 13.7 Å². The lowest BCUT2D eigenvalue weighted by molar-refractivity contribution is 0.223. The molecule has 32 heavy (non-hydrogen) atoms. The predicted molar refractivity (Wildman–Crippen MR) is 141 cm³/mol. The molecule has 1 saturated heterocycles. The van der Waals surface area contributed by atoms with Gasteiger partial charge in [-0.3, -0.25) is 4.99 Å². The second kappa shape index (κ2) is 13.3. The zero-order chi connectivity index (χ0) is 22.1. The first-order valence-corrected chi connectivity index (χ1v) is 10.7. The number of hydrogen-bond acceptors (Lipinski definition) is 6. The maximum atomic E-state index is 5.95. The summed E-state index contributed by atoms with van der Waals surface area (Å²) < 4.78 is 11.2. The molecule has 1 aromatic carbocycles. The molecule has 2 N–H and O–H groups in total. The number of methoxy groups -OCH3 is 1. The molecule has 1 atom stereocenters. The Hall–Kier alpha value is -2.27. The molecular formula is C23H35IN6O2. The molecule has 176 valence electrons. The number of guanidine groups is 1. The van der Waals surface area contributed by atoms with E-state index >= 15 is 0 Å². The second-order valence-corrected chi connectivity index (χ2v) is 7.73. The number of hydrogen-bond donors (Lipinski definition) is 2. The normalized spacial score (nSPS) is 15.5. The van der Waals surface area contributed by atoms with Crippen molar-refractivity contribution in [2.24, 2.45) is 4.99 Å². The van der Waals surface area contributed by atoms with E-state index in [0.717, 1.165) is 55.0 Å². The van der Waals surface area contributed by atoms with Gasteiger partial charge >= 0.3 is 0 Å². The minimum atomic E-state index is -0.0322. The van der Waals surface area contributed by atoms with Crippen LogP contribution >= 0.6 is 24.0 Å². The highest BCUT2D eigenvalue weighted by Crippen LogP contribution is 2.19. The van der Waals surface area contributed by atoms with Crippen molar-refractivity contribution in [2.45, 2.75) is 19.6 Å². The number of pyridine rings is 1. The van der Waals surface area contributed by atoms with Gasteiger partial charge in [0, 0.05) is 52.0 Å². The molecule has 3 rings (SSSR count). The highest BCUT2D eigenvalue weighted by molar-refractivity contribution is 14.0. The van der Waals surface area contributed by atoms with E-state index in [0.29, 0.717) is 13.1 Å². The summed E-state index contributed by atoms with van der Waals surface area (Å²) in [5.41, 5.74) is 1.11. The number of nitrogens with one attached hydrogen (secondary N) is 2. The van der Waals surface area contributed by atoms with E-state index in [2.05, 4.69) is 49.6 Å². The molecule has 0 aliphatic carbocycles. The lowest BCUT2D eigenvalue weighted by atomic mass is 10.2. The van der Waals surface area contributed by atoms with Gasteiger partial charge in [-0.25, -0.2) is 4.98 Å². The Kier molecular flexibility index (Phi) is 10.8. The molecule has 1 fully saturated rings.